The van der Waals surface area contributed by atoms with Gasteiger partial charge in [0.1, 0.15) is 5.60 Å². The summed E-state index contributed by atoms with van der Waals surface area (Å²) in [6.45, 7) is 8.52. The number of ether oxygens (including phenoxy) is 1. The van der Waals surface area contributed by atoms with Crippen molar-refractivity contribution in [2.24, 2.45) is 0 Å². The second-order valence-corrected chi connectivity index (χ2v) is 6.61. The van der Waals surface area contributed by atoms with E-state index in [-0.39, 0.29) is 11.1 Å². The molecule has 9 nitrogen and oxygen atoms in total. The van der Waals surface area contributed by atoms with E-state index in [0.717, 1.165) is 5.56 Å². The lowest BCUT2D eigenvalue weighted by molar-refractivity contribution is 0.0483. The Labute approximate surface area is 142 Å². The molecule has 1 aromatic heterocycles. The minimum Gasteiger partial charge on any atom is -0.443 e. The first-order chi connectivity index (χ1) is 11.5. The number of aromatic nitrogens is 2. The summed E-state index contributed by atoms with van der Waals surface area (Å²) in [5.41, 5.74) is 3.95. The molecule has 0 aliphatic heterocycles. The third-order valence-corrected chi connectivity index (χ3v) is 3.44. The topological polar surface area (TPSA) is 133 Å². The fourth-order valence-corrected chi connectivity index (χ4v) is 2.25. The highest BCUT2D eigenvalue weighted by molar-refractivity contribution is 6.06. The highest BCUT2D eigenvalue weighted by atomic mass is 16.6. The molecule has 0 radical (unpaired) electrons. The van der Waals surface area contributed by atoms with Crippen molar-refractivity contribution < 1.29 is 14.3 Å². The molecule has 0 unspecified atom stereocenters. The SMILES string of the molecule is Cc1cc2[nH]c(=O)c(=O)[nH]c2c(C(=O)NNC(=O)OC(C)(C)C)c1C. The van der Waals surface area contributed by atoms with Crippen molar-refractivity contribution >= 4 is 23.0 Å². The first-order valence-corrected chi connectivity index (χ1v) is 7.55. The van der Waals surface area contributed by atoms with Crippen LogP contribution < -0.4 is 22.0 Å². The van der Waals surface area contributed by atoms with Crippen LogP contribution in [0, 0.1) is 13.8 Å². The van der Waals surface area contributed by atoms with Crippen LogP contribution in [0.3, 0.4) is 0 Å². The molecule has 0 fully saturated rings. The van der Waals surface area contributed by atoms with Gasteiger partial charge in [0.2, 0.25) is 0 Å². The van der Waals surface area contributed by atoms with E-state index in [9.17, 15) is 19.2 Å². The molecule has 0 aliphatic rings. The highest BCUT2D eigenvalue weighted by Gasteiger charge is 2.20. The van der Waals surface area contributed by atoms with Gasteiger partial charge < -0.3 is 14.7 Å². The summed E-state index contributed by atoms with van der Waals surface area (Å²) in [5.74, 6) is -0.653. The number of nitrogens with one attached hydrogen (secondary N) is 4. The number of hydrogen-bond donors (Lipinski definition) is 4. The van der Waals surface area contributed by atoms with E-state index in [1.807, 2.05) is 0 Å². The van der Waals surface area contributed by atoms with E-state index < -0.39 is 28.7 Å². The number of rotatable bonds is 1. The van der Waals surface area contributed by atoms with Gasteiger partial charge in [0, 0.05) is 0 Å². The maximum Gasteiger partial charge on any atom is 0.426 e. The number of aryl methyl sites for hydroxylation is 1. The van der Waals surface area contributed by atoms with Crippen molar-refractivity contribution in [3.63, 3.8) is 0 Å². The molecular weight excluding hydrogens is 328 g/mol. The Balaban J connectivity index is 2.39. The van der Waals surface area contributed by atoms with Crippen LogP contribution in [-0.4, -0.2) is 27.6 Å². The van der Waals surface area contributed by atoms with Gasteiger partial charge in [-0.2, -0.15) is 0 Å². The van der Waals surface area contributed by atoms with Crippen LogP contribution in [0.1, 0.15) is 42.3 Å². The molecule has 134 valence electrons. The molecule has 1 heterocycles. The van der Waals surface area contributed by atoms with Gasteiger partial charge in [0.25, 0.3) is 5.91 Å². The first-order valence-electron chi connectivity index (χ1n) is 7.55. The van der Waals surface area contributed by atoms with Crippen LogP contribution in [0.25, 0.3) is 11.0 Å². The second-order valence-electron chi connectivity index (χ2n) is 6.61. The molecule has 0 spiro atoms. The third-order valence-electron chi connectivity index (χ3n) is 3.44. The summed E-state index contributed by atoms with van der Waals surface area (Å²) in [6, 6.07) is 1.65. The highest BCUT2D eigenvalue weighted by Crippen LogP contribution is 2.21. The zero-order valence-electron chi connectivity index (χ0n) is 14.6. The van der Waals surface area contributed by atoms with Gasteiger partial charge in [0.15, 0.2) is 0 Å². The molecule has 2 rings (SSSR count). The Morgan fingerprint density at radius 3 is 2.24 bits per heavy atom. The maximum atomic E-state index is 12.5. The molecule has 0 atom stereocenters. The van der Waals surface area contributed by atoms with E-state index in [2.05, 4.69) is 20.8 Å². The number of aromatic amines is 2. The minimum atomic E-state index is -0.870. The van der Waals surface area contributed by atoms with Crippen molar-refractivity contribution in [2.45, 2.75) is 40.2 Å². The first kappa shape index (κ1) is 18.2. The molecule has 0 saturated carbocycles. The van der Waals surface area contributed by atoms with Crippen LogP contribution in [0.15, 0.2) is 15.7 Å². The van der Waals surface area contributed by atoms with Crippen LogP contribution >= 0.6 is 0 Å². The number of carbonyl (C=O) groups excluding carboxylic acids is 2. The van der Waals surface area contributed by atoms with Crippen LogP contribution in [0.2, 0.25) is 0 Å². The van der Waals surface area contributed by atoms with Gasteiger partial charge >= 0.3 is 17.2 Å². The Morgan fingerprint density at radius 1 is 1.04 bits per heavy atom. The standard InChI is InChI=1S/C16H20N4O5/c1-7-6-9-11(18-14(23)13(22)17-9)10(8(7)2)12(21)19-20-15(24)25-16(3,4)5/h6H,1-5H3,(H,17,22)(H,18,23)(H,19,21)(H,20,24). The monoisotopic (exact) mass is 348 g/mol. The number of H-pyrrole nitrogens is 2. The van der Waals surface area contributed by atoms with Gasteiger partial charge in [-0.15, -0.1) is 0 Å². The van der Waals surface area contributed by atoms with E-state index in [1.54, 1.807) is 40.7 Å². The number of hydrazine groups is 1. The Morgan fingerprint density at radius 2 is 1.64 bits per heavy atom. The number of hydrogen-bond acceptors (Lipinski definition) is 5. The maximum absolute atomic E-state index is 12.5. The Bertz CT molecular complexity index is 965. The smallest absolute Gasteiger partial charge is 0.426 e. The lowest BCUT2D eigenvalue weighted by atomic mass is 10.0. The summed E-state index contributed by atoms with van der Waals surface area (Å²) >= 11 is 0. The van der Waals surface area contributed by atoms with E-state index in [1.165, 1.54) is 0 Å². The molecular formula is C16H20N4O5. The Hall–Kier alpha value is -3.10. The van der Waals surface area contributed by atoms with Crippen molar-refractivity contribution in [3.05, 3.63) is 43.5 Å². The van der Waals surface area contributed by atoms with E-state index in [0.29, 0.717) is 11.1 Å². The average molecular weight is 348 g/mol. The second kappa shape index (κ2) is 6.42. The predicted octanol–water partition coefficient (Wildman–Crippen LogP) is 1.00. The summed E-state index contributed by atoms with van der Waals surface area (Å²) in [5, 5.41) is 0. The van der Waals surface area contributed by atoms with Gasteiger partial charge in [0.05, 0.1) is 16.6 Å². The molecule has 1 aromatic carbocycles. The summed E-state index contributed by atoms with van der Waals surface area (Å²) in [7, 11) is 0. The minimum absolute atomic E-state index is 0.138. The number of fused-ring (bicyclic) bond motifs is 1. The molecule has 0 saturated heterocycles. The average Bonchev–Trinajstić information content (AvgIpc) is 2.47. The van der Waals surface area contributed by atoms with Crippen LogP contribution in [-0.2, 0) is 4.74 Å². The van der Waals surface area contributed by atoms with Crippen molar-refractivity contribution in [3.8, 4) is 0 Å². The molecule has 2 amide bonds. The van der Waals surface area contributed by atoms with Gasteiger partial charge in [-0.25, -0.2) is 10.2 Å². The summed E-state index contributed by atoms with van der Waals surface area (Å²) in [6.07, 6.45) is -0.822. The van der Waals surface area contributed by atoms with Crippen LogP contribution in [0.5, 0.6) is 0 Å². The molecule has 0 aliphatic carbocycles. The molecule has 4 N–H and O–H groups in total. The Kier molecular flexibility index (Phi) is 4.69. The summed E-state index contributed by atoms with van der Waals surface area (Å²) < 4.78 is 5.03. The van der Waals surface area contributed by atoms with E-state index in [4.69, 9.17) is 4.74 Å². The fourth-order valence-electron chi connectivity index (χ4n) is 2.25. The lowest BCUT2D eigenvalue weighted by Gasteiger charge is -2.20. The predicted molar refractivity (Wildman–Crippen MR) is 91.5 cm³/mol. The van der Waals surface area contributed by atoms with Gasteiger partial charge in [-0.1, -0.05) is 0 Å². The number of carbonyl (C=O) groups is 2. The molecule has 9 heteroatoms. The fraction of sp³-hybridized carbons (Fsp3) is 0.375. The van der Waals surface area contributed by atoms with Gasteiger partial charge in [-0.3, -0.25) is 19.8 Å². The number of amides is 2. The van der Waals surface area contributed by atoms with Crippen molar-refractivity contribution in [1.29, 1.82) is 0 Å². The molecule has 25 heavy (non-hydrogen) atoms. The summed E-state index contributed by atoms with van der Waals surface area (Å²) in [4.78, 5) is 52.1. The zero-order chi connectivity index (χ0) is 18.9. The quantitative estimate of drug-likeness (QED) is 0.451. The molecule has 2 aromatic rings. The third kappa shape index (κ3) is 4.06. The molecule has 0 bridgehead atoms. The van der Waals surface area contributed by atoms with Crippen molar-refractivity contribution in [2.75, 3.05) is 0 Å². The largest absolute Gasteiger partial charge is 0.443 e. The van der Waals surface area contributed by atoms with E-state index >= 15 is 0 Å². The normalized spacial score (nSPS) is 11.2. The van der Waals surface area contributed by atoms with Crippen molar-refractivity contribution in [1.82, 2.24) is 20.8 Å². The van der Waals surface area contributed by atoms with Crippen LogP contribution in [0.4, 0.5) is 4.79 Å². The lowest BCUT2D eigenvalue weighted by Crippen LogP contribution is -2.44. The number of benzene rings is 1. The van der Waals surface area contributed by atoms with Gasteiger partial charge in [-0.05, 0) is 51.8 Å². The zero-order valence-corrected chi connectivity index (χ0v) is 14.6.